The fourth-order valence-electron chi connectivity index (χ4n) is 3.01. The monoisotopic (exact) mass is 247 g/mol. The first kappa shape index (κ1) is 12.1. The van der Waals surface area contributed by atoms with E-state index in [1.807, 2.05) is 13.2 Å². The molecule has 4 heteroatoms. The second-order valence-electron chi connectivity index (χ2n) is 5.38. The largest absolute Gasteiger partial charge is 0.367 e. The van der Waals surface area contributed by atoms with Crippen molar-refractivity contribution in [1.29, 1.82) is 0 Å². The van der Waals surface area contributed by atoms with Gasteiger partial charge in [-0.2, -0.15) is 0 Å². The van der Waals surface area contributed by atoms with Crippen molar-refractivity contribution in [2.75, 3.05) is 7.05 Å². The predicted octanol–water partition coefficient (Wildman–Crippen LogP) is 2.31. The van der Waals surface area contributed by atoms with Gasteiger partial charge in [0, 0.05) is 23.5 Å². The first-order chi connectivity index (χ1) is 8.78. The predicted molar refractivity (Wildman–Crippen MR) is 69.3 cm³/mol. The third kappa shape index (κ3) is 2.15. The Morgan fingerprint density at radius 2 is 2.22 bits per heavy atom. The number of ether oxygens (including phenoxy) is 1. The number of aromatic nitrogens is 2. The minimum atomic E-state index is 0.111. The zero-order valence-electron chi connectivity index (χ0n) is 11.1. The van der Waals surface area contributed by atoms with Crippen LogP contribution in [0.2, 0.25) is 0 Å². The van der Waals surface area contributed by atoms with Crippen LogP contribution in [0.15, 0.2) is 6.20 Å². The summed E-state index contributed by atoms with van der Waals surface area (Å²) in [5, 5.41) is 3.34. The number of aryl methyl sites for hydroxylation is 1. The fraction of sp³-hybridized carbons (Fsp3) is 0.714. The van der Waals surface area contributed by atoms with Crippen LogP contribution in [0.5, 0.6) is 0 Å². The Balaban J connectivity index is 1.86. The van der Waals surface area contributed by atoms with Gasteiger partial charge in [-0.3, -0.25) is 0 Å². The molecule has 1 aliphatic heterocycles. The third-order valence-electron chi connectivity index (χ3n) is 4.07. The zero-order chi connectivity index (χ0) is 12.5. The molecule has 0 radical (unpaired) electrons. The number of hydrogen-bond acceptors (Lipinski definition) is 4. The van der Waals surface area contributed by atoms with Gasteiger partial charge in [-0.15, -0.1) is 0 Å². The van der Waals surface area contributed by atoms with Gasteiger partial charge in [-0.1, -0.05) is 0 Å². The average molecular weight is 247 g/mol. The molecule has 0 aromatic carbocycles. The van der Waals surface area contributed by atoms with Crippen molar-refractivity contribution in [3.05, 3.63) is 23.3 Å². The summed E-state index contributed by atoms with van der Waals surface area (Å²) in [6.07, 6.45) is 8.09. The highest BCUT2D eigenvalue weighted by Gasteiger charge is 2.28. The van der Waals surface area contributed by atoms with E-state index < -0.39 is 0 Å². The highest BCUT2D eigenvalue weighted by atomic mass is 16.5. The number of hydrogen-bond donors (Lipinski definition) is 1. The molecule has 0 spiro atoms. The van der Waals surface area contributed by atoms with Crippen LogP contribution in [-0.4, -0.2) is 23.1 Å². The molecule has 1 N–H and O–H groups in total. The average Bonchev–Trinajstić information content (AvgIpc) is 2.84. The second-order valence-corrected chi connectivity index (χ2v) is 5.38. The van der Waals surface area contributed by atoms with Crippen molar-refractivity contribution in [2.24, 2.45) is 0 Å². The van der Waals surface area contributed by atoms with Gasteiger partial charge in [0.25, 0.3) is 0 Å². The van der Waals surface area contributed by atoms with Gasteiger partial charge in [-0.25, -0.2) is 9.97 Å². The van der Waals surface area contributed by atoms with E-state index in [-0.39, 0.29) is 6.10 Å². The zero-order valence-corrected chi connectivity index (χ0v) is 11.1. The lowest BCUT2D eigenvalue weighted by Crippen LogP contribution is -2.23. The summed E-state index contributed by atoms with van der Waals surface area (Å²) < 4.78 is 5.85. The molecule has 2 heterocycles. The molecule has 3 unspecified atom stereocenters. The molecule has 3 atom stereocenters. The summed E-state index contributed by atoms with van der Waals surface area (Å²) in [5.74, 6) is 0.884. The molecule has 1 saturated heterocycles. The van der Waals surface area contributed by atoms with Crippen molar-refractivity contribution in [3.63, 3.8) is 0 Å². The maximum Gasteiger partial charge on any atom is 0.157 e. The van der Waals surface area contributed by atoms with E-state index in [9.17, 15) is 0 Å². The van der Waals surface area contributed by atoms with Crippen LogP contribution < -0.4 is 5.32 Å². The quantitative estimate of drug-likeness (QED) is 0.871. The summed E-state index contributed by atoms with van der Waals surface area (Å²) in [5.41, 5.74) is 2.49. The van der Waals surface area contributed by atoms with Gasteiger partial charge in [0.1, 0.15) is 6.10 Å². The maximum atomic E-state index is 5.85. The van der Waals surface area contributed by atoms with Gasteiger partial charge in [0.15, 0.2) is 5.82 Å². The van der Waals surface area contributed by atoms with Crippen LogP contribution >= 0.6 is 0 Å². The molecule has 2 aliphatic rings. The molecule has 3 rings (SSSR count). The van der Waals surface area contributed by atoms with E-state index in [1.165, 1.54) is 24.1 Å². The summed E-state index contributed by atoms with van der Waals surface area (Å²) in [4.78, 5) is 9.28. The lowest BCUT2D eigenvalue weighted by Gasteiger charge is -2.24. The SMILES string of the molecule is CNC1CCCc2nc(C3CCC(C)O3)ncc21. The summed E-state index contributed by atoms with van der Waals surface area (Å²) in [7, 11) is 2.01. The molecule has 0 bridgehead atoms. The van der Waals surface area contributed by atoms with Gasteiger partial charge in [0.05, 0.1) is 6.10 Å². The molecule has 0 amide bonds. The smallest absolute Gasteiger partial charge is 0.157 e. The number of nitrogens with zero attached hydrogens (tertiary/aromatic N) is 2. The molecule has 4 nitrogen and oxygen atoms in total. The minimum absolute atomic E-state index is 0.111. The van der Waals surface area contributed by atoms with Crippen molar-refractivity contribution in [2.45, 2.75) is 57.3 Å². The highest BCUT2D eigenvalue weighted by molar-refractivity contribution is 5.25. The summed E-state index contributed by atoms with van der Waals surface area (Å²) in [6.45, 7) is 2.12. The minimum Gasteiger partial charge on any atom is -0.367 e. The van der Waals surface area contributed by atoms with Crippen molar-refractivity contribution >= 4 is 0 Å². The lowest BCUT2D eigenvalue weighted by atomic mass is 9.92. The Morgan fingerprint density at radius 3 is 2.94 bits per heavy atom. The Labute approximate surface area is 108 Å². The first-order valence-corrected chi connectivity index (χ1v) is 6.96. The van der Waals surface area contributed by atoms with Crippen LogP contribution in [0.4, 0.5) is 0 Å². The van der Waals surface area contributed by atoms with Crippen LogP contribution in [0.3, 0.4) is 0 Å². The van der Waals surface area contributed by atoms with E-state index in [0.29, 0.717) is 12.1 Å². The summed E-state index contributed by atoms with van der Waals surface area (Å²) >= 11 is 0. The lowest BCUT2D eigenvalue weighted by molar-refractivity contribution is 0.0500. The normalized spacial score (nSPS) is 31.3. The van der Waals surface area contributed by atoms with E-state index in [1.54, 1.807) is 0 Å². The Kier molecular flexibility index (Phi) is 3.31. The molecule has 0 saturated carbocycles. The molecule has 1 aliphatic carbocycles. The third-order valence-corrected chi connectivity index (χ3v) is 4.07. The van der Waals surface area contributed by atoms with Crippen LogP contribution in [0, 0.1) is 0 Å². The van der Waals surface area contributed by atoms with E-state index >= 15 is 0 Å². The molecule has 1 aromatic heterocycles. The van der Waals surface area contributed by atoms with Crippen molar-refractivity contribution in [1.82, 2.24) is 15.3 Å². The first-order valence-electron chi connectivity index (χ1n) is 6.96. The molecular formula is C14H21N3O. The fourth-order valence-corrected chi connectivity index (χ4v) is 3.01. The van der Waals surface area contributed by atoms with Crippen LogP contribution in [-0.2, 0) is 11.2 Å². The number of nitrogens with one attached hydrogen (secondary N) is 1. The van der Waals surface area contributed by atoms with Crippen molar-refractivity contribution < 1.29 is 4.74 Å². The van der Waals surface area contributed by atoms with Crippen LogP contribution in [0.25, 0.3) is 0 Å². The summed E-state index contributed by atoms with van der Waals surface area (Å²) in [6, 6.07) is 0.422. The number of fused-ring (bicyclic) bond motifs is 1. The molecule has 1 aromatic rings. The molecule has 18 heavy (non-hydrogen) atoms. The topological polar surface area (TPSA) is 47.0 Å². The van der Waals surface area contributed by atoms with Gasteiger partial charge < -0.3 is 10.1 Å². The Bertz CT molecular complexity index is 435. The van der Waals surface area contributed by atoms with E-state index in [0.717, 1.165) is 25.1 Å². The molecule has 1 fully saturated rings. The van der Waals surface area contributed by atoms with Gasteiger partial charge in [-0.05, 0) is 46.1 Å². The Hall–Kier alpha value is -1.00. The van der Waals surface area contributed by atoms with Crippen molar-refractivity contribution in [3.8, 4) is 0 Å². The maximum absolute atomic E-state index is 5.85. The van der Waals surface area contributed by atoms with Gasteiger partial charge in [0.2, 0.25) is 0 Å². The van der Waals surface area contributed by atoms with Gasteiger partial charge >= 0.3 is 0 Å². The molecular weight excluding hydrogens is 226 g/mol. The van der Waals surface area contributed by atoms with E-state index in [4.69, 9.17) is 9.72 Å². The second kappa shape index (κ2) is 4.94. The Morgan fingerprint density at radius 1 is 1.33 bits per heavy atom. The highest BCUT2D eigenvalue weighted by Crippen LogP contribution is 2.33. The van der Waals surface area contributed by atoms with Crippen LogP contribution in [0.1, 0.15) is 61.8 Å². The molecule has 98 valence electrons. The van der Waals surface area contributed by atoms with E-state index in [2.05, 4.69) is 17.2 Å². The number of rotatable bonds is 2. The standard InChI is InChI=1S/C14H21N3O/c1-9-6-7-13(18-9)14-16-8-10-11(15-2)4-3-5-12(10)17-14/h8-9,11,13,15H,3-7H2,1-2H3.